The third-order valence-electron chi connectivity index (χ3n) is 4.46. The molecular formula is C17H21N2O3+. The zero-order chi connectivity index (χ0) is 14.9. The van der Waals surface area contributed by atoms with Crippen LogP contribution in [0.1, 0.15) is 11.6 Å². The molecule has 2 saturated heterocycles. The second-order valence-electron chi connectivity index (χ2n) is 6.02. The number of imidazole rings is 1. The Morgan fingerprint density at radius 2 is 2.00 bits per heavy atom. The molecule has 2 aromatic rings. The van der Waals surface area contributed by atoms with Gasteiger partial charge in [-0.25, -0.2) is 9.13 Å². The van der Waals surface area contributed by atoms with Crippen LogP contribution in [0, 0.1) is 0 Å². The van der Waals surface area contributed by atoms with Gasteiger partial charge in [0.2, 0.25) is 6.33 Å². The van der Waals surface area contributed by atoms with Crippen molar-refractivity contribution in [1.82, 2.24) is 4.57 Å². The summed E-state index contributed by atoms with van der Waals surface area (Å²) in [6.45, 7) is 1.88. The highest BCUT2D eigenvalue weighted by Crippen LogP contribution is 2.35. The summed E-state index contributed by atoms with van der Waals surface area (Å²) in [6, 6.07) is 10.5. The third kappa shape index (κ3) is 2.56. The third-order valence-corrected chi connectivity index (χ3v) is 4.46. The molecule has 0 spiro atoms. The first-order valence-corrected chi connectivity index (χ1v) is 7.73. The van der Waals surface area contributed by atoms with Crippen molar-refractivity contribution < 1.29 is 18.8 Å². The van der Waals surface area contributed by atoms with Crippen LogP contribution in [0.15, 0.2) is 49.1 Å². The molecule has 1 aromatic heterocycles. The summed E-state index contributed by atoms with van der Waals surface area (Å²) in [5.41, 5.74) is 1.18. The molecule has 2 fully saturated rings. The number of aryl methyl sites for hydroxylation is 1. The van der Waals surface area contributed by atoms with E-state index in [1.807, 2.05) is 36.0 Å². The number of nitrogens with zero attached hydrogens (tertiary/aromatic N) is 2. The summed E-state index contributed by atoms with van der Waals surface area (Å²) in [5.74, 6) is 0. The lowest BCUT2D eigenvalue weighted by molar-refractivity contribution is -0.671. The Morgan fingerprint density at radius 3 is 2.77 bits per heavy atom. The van der Waals surface area contributed by atoms with Crippen molar-refractivity contribution in [1.29, 1.82) is 0 Å². The van der Waals surface area contributed by atoms with E-state index in [4.69, 9.17) is 14.2 Å². The molecule has 1 aromatic carbocycles. The first-order chi connectivity index (χ1) is 10.8. The lowest BCUT2D eigenvalue weighted by Gasteiger charge is -2.16. The van der Waals surface area contributed by atoms with E-state index in [0.29, 0.717) is 19.8 Å². The maximum absolute atomic E-state index is 6.03. The fraction of sp³-hybridized carbons (Fsp3) is 0.471. The van der Waals surface area contributed by atoms with Gasteiger partial charge in [0, 0.05) is 0 Å². The van der Waals surface area contributed by atoms with Crippen LogP contribution in [0.25, 0.3) is 0 Å². The van der Waals surface area contributed by atoms with Crippen LogP contribution < -0.4 is 4.57 Å². The average Bonchev–Trinajstić information content (AvgIpc) is 3.22. The molecule has 0 N–H and O–H groups in total. The molecule has 2 aliphatic heterocycles. The van der Waals surface area contributed by atoms with Crippen LogP contribution in [0.4, 0.5) is 0 Å². The van der Waals surface area contributed by atoms with Gasteiger partial charge in [0.15, 0.2) is 6.04 Å². The number of benzene rings is 1. The van der Waals surface area contributed by atoms with Crippen LogP contribution in [-0.4, -0.2) is 36.1 Å². The van der Waals surface area contributed by atoms with Gasteiger partial charge < -0.3 is 14.2 Å². The summed E-state index contributed by atoms with van der Waals surface area (Å²) in [4.78, 5) is 0. The normalized spacial score (nSPS) is 30.6. The van der Waals surface area contributed by atoms with E-state index in [1.165, 1.54) is 5.56 Å². The summed E-state index contributed by atoms with van der Waals surface area (Å²) in [5, 5.41) is 0. The monoisotopic (exact) mass is 301 g/mol. The highest BCUT2D eigenvalue weighted by Gasteiger charge is 2.50. The zero-order valence-electron chi connectivity index (χ0n) is 12.7. The second-order valence-corrected chi connectivity index (χ2v) is 6.02. The molecule has 0 amide bonds. The molecule has 0 radical (unpaired) electrons. The van der Waals surface area contributed by atoms with Crippen molar-refractivity contribution in [2.45, 2.75) is 31.0 Å². The zero-order valence-corrected chi connectivity index (χ0v) is 12.7. The minimum Gasteiger partial charge on any atom is -0.368 e. The highest BCUT2D eigenvalue weighted by atomic mass is 16.6. The Bertz CT molecular complexity index is 628. The summed E-state index contributed by atoms with van der Waals surface area (Å²) in [7, 11) is 2.02. The Balaban J connectivity index is 1.40. The molecule has 3 heterocycles. The molecule has 4 atom stereocenters. The quantitative estimate of drug-likeness (QED) is 0.797. The largest absolute Gasteiger partial charge is 0.368 e. The minimum atomic E-state index is 0.0134. The van der Waals surface area contributed by atoms with Gasteiger partial charge in [-0.1, -0.05) is 30.3 Å². The van der Waals surface area contributed by atoms with Crippen molar-refractivity contribution in [2.75, 3.05) is 13.2 Å². The van der Waals surface area contributed by atoms with E-state index in [-0.39, 0.29) is 24.4 Å². The van der Waals surface area contributed by atoms with Gasteiger partial charge in [-0.2, -0.15) is 0 Å². The Morgan fingerprint density at radius 1 is 1.18 bits per heavy atom. The van der Waals surface area contributed by atoms with Crippen LogP contribution in [-0.2, 0) is 27.9 Å². The van der Waals surface area contributed by atoms with Crippen LogP contribution in [0.5, 0.6) is 0 Å². The van der Waals surface area contributed by atoms with Gasteiger partial charge in [0.1, 0.15) is 30.7 Å². The molecular weight excluding hydrogens is 280 g/mol. The summed E-state index contributed by atoms with van der Waals surface area (Å²) >= 11 is 0. The molecule has 0 bridgehead atoms. The maximum Gasteiger partial charge on any atom is 0.243 e. The molecule has 5 heteroatoms. The lowest BCUT2D eigenvalue weighted by atomic mass is 10.1. The minimum absolute atomic E-state index is 0.0134. The SMILES string of the molecule is C[n+]1ccn([C@H]2CO[C@H]3[C@@H]2OC[C@H]3OCc2ccccc2)c1. The Kier molecular flexibility index (Phi) is 3.70. The summed E-state index contributed by atoms with van der Waals surface area (Å²) in [6.07, 6.45) is 6.29. The molecule has 4 rings (SSSR count). The number of rotatable bonds is 4. The van der Waals surface area contributed by atoms with Crippen LogP contribution in [0.2, 0.25) is 0 Å². The second kappa shape index (κ2) is 5.83. The molecule has 0 saturated carbocycles. The maximum atomic E-state index is 6.03. The number of aromatic nitrogens is 2. The van der Waals surface area contributed by atoms with Gasteiger partial charge in [-0.05, 0) is 5.56 Å². The van der Waals surface area contributed by atoms with Crippen molar-refractivity contribution >= 4 is 0 Å². The first-order valence-electron chi connectivity index (χ1n) is 7.73. The van der Waals surface area contributed by atoms with E-state index >= 15 is 0 Å². The van der Waals surface area contributed by atoms with E-state index < -0.39 is 0 Å². The van der Waals surface area contributed by atoms with Gasteiger partial charge in [-0.15, -0.1) is 0 Å². The van der Waals surface area contributed by atoms with Crippen molar-refractivity contribution in [3.63, 3.8) is 0 Å². The predicted molar refractivity (Wildman–Crippen MR) is 79.1 cm³/mol. The fourth-order valence-corrected chi connectivity index (χ4v) is 3.29. The van der Waals surface area contributed by atoms with Crippen molar-refractivity contribution in [3.05, 3.63) is 54.6 Å². The predicted octanol–water partition coefficient (Wildman–Crippen LogP) is 1.24. The van der Waals surface area contributed by atoms with Gasteiger partial charge >= 0.3 is 0 Å². The number of hydrogen-bond acceptors (Lipinski definition) is 3. The van der Waals surface area contributed by atoms with E-state index in [2.05, 4.69) is 29.2 Å². The topological polar surface area (TPSA) is 36.5 Å². The lowest BCUT2D eigenvalue weighted by Crippen LogP contribution is -2.32. The molecule has 0 aliphatic carbocycles. The number of fused-ring (bicyclic) bond motifs is 1. The van der Waals surface area contributed by atoms with Crippen LogP contribution in [0.3, 0.4) is 0 Å². The average molecular weight is 301 g/mol. The molecule has 22 heavy (non-hydrogen) atoms. The number of ether oxygens (including phenoxy) is 3. The van der Waals surface area contributed by atoms with Gasteiger partial charge in [0.25, 0.3) is 0 Å². The van der Waals surface area contributed by atoms with Crippen molar-refractivity contribution in [2.24, 2.45) is 7.05 Å². The van der Waals surface area contributed by atoms with Gasteiger partial charge in [0.05, 0.1) is 26.9 Å². The van der Waals surface area contributed by atoms with Crippen LogP contribution >= 0.6 is 0 Å². The van der Waals surface area contributed by atoms with E-state index in [1.54, 1.807) is 0 Å². The number of hydrogen-bond donors (Lipinski definition) is 0. The molecule has 2 aliphatic rings. The Labute approximate surface area is 130 Å². The van der Waals surface area contributed by atoms with Crippen molar-refractivity contribution in [3.8, 4) is 0 Å². The fourth-order valence-electron chi connectivity index (χ4n) is 3.29. The smallest absolute Gasteiger partial charge is 0.243 e. The first kappa shape index (κ1) is 13.9. The van der Waals surface area contributed by atoms with E-state index in [9.17, 15) is 0 Å². The molecule has 0 unspecified atom stereocenters. The molecule has 5 nitrogen and oxygen atoms in total. The molecule has 116 valence electrons. The highest BCUT2D eigenvalue weighted by molar-refractivity contribution is 5.13. The van der Waals surface area contributed by atoms with Gasteiger partial charge in [-0.3, -0.25) is 0 Å². The Hall–Kier alpha value is -1.69. The summed E-state index contributed by atoms with van der Waals surface area (Å²) < 4.78 is 22.2. The van der Waals surface area contributed by atoms with E-state index in [0.717, 1.165) is 0 Å². The standard InChI is InChI=1S/C17H21N2O3/c1-18-7-8-19(12-18)14-10-21-17-15(11-22-16(14)17)20-9-13-5-3-2-4-6-13/h2-8,12,14-17H,9-11H2,1H3/q+1/t14-,15+,16+,17+/m0/s1.